The van der Waals surface area contributed by atoms with E-state index in [9.17, 15) is 9.18 Å². The van der Waals surface area contributed by atoms with Gasteiger partial charge in [-0.2, -0.15) is 4.98 Å². The molecule has 0 bridgehead atoms. The third-order valence-corrected chi connectivity index (χ3v) is 6.21. The second kappa shape index (κ2) is 10.0. The number of carbonyl (C=O) groups excluding carboxylic acids is 1. The van der Waals surface area contributed by atoms with Crippen molar-refractivity contribution >= 4 is 23.9 Å². The molecule has 2 heterocycles. The summed E-state index contributed by atoms with van der Waals surface area (Å²) < 4.78 is 20.7. The molecule has 0 saturated carbocycles. The van der Waals surface area contributed by atoms with Crippen molar-refractivity contribution in [2.45, 2.75) is 25.4 Å². The number of carbonyl (C=O) groups is 1. The van der Waals surface area contributed by atoms with Gasteiger partial charge in [0.05, 0.1) is 19.2 Å². The Balaban J connectivity index is 1.41. The summed E-state index contributed by atoms with van der Waals surface area (Å²) in [6.45, 7) is 2.05. The zero-order valence-electron chi connectivity index (χ0n) is 20.0. The highest BCUT2D eigenvalue weighted by Gasteiger charge is 2.31. The molecule has 1 aliphatic rings. The Kier molecular flexibility index (Phi) is 6.49. The average Bonchev–Trinajstić information content (AvgIpc) is 3.30. The first-order chi connectivity index (χ1) is 17.5. The lowest BCUT2D eigenvalue weighted by Crippen LogP contribution is -2.28. The van der Waals surface area contributed by atoms with Crippen LogP contribution in [0.1, 0.15) is 40.8 Å². The SMILES string of the molecule is COc1ccccc1/C=C/C(=O)Nc1nc2n(n1)[C@@H](c1ccc(F)cc1)C[C@H](c1ccc(C)cc1)N2. The van der Waals surface area contributed by atoms with Gasteiger partial charge >= 0.3 is 0 Å². The number of methoxy groups -OCH3 is 1. The van der Waals surface area contributed by atoms with Gasteiger partial charge in [-0.25, -0.2) is 9.07 Å². The number of nitrogens with one attached hydrogen (secondary N) is 2. The number of rotatable bonds is 6. The van der Waals surface area contributed by atoms with Crippen LogP contribution in [0.2, 0.25) is 0 Å². The summed E-state index contributed by atoms with van der Waals surface area (Å²) in [7, 11) is 1.58. The molecule has 0 fully saturated rings. The van der Waals surface area contributed by atoms with Crippen LogP contribution in [0.25, 0.3) is 6.08 Å². The minimum atomic E-state index is -0.364. The number of hydrogen-bond donors (Lipinski definition) is 2. The molecule has 5 rings (SSSR count). The van der Waals surface area contributed by atoms with Crippen LogP contribution in [-0.2, 0) is 4.79 Å². The molecule has 1 aliphatic heterocycles. The normalized spacial score (nSPS) is 16.9. The maximum absolute atomic E-state index is 13.6. The highest BCUT2D eigenvalue weighted by Crippen LogP contribution is 2.38. The fraction of sp³-hybridized carbons (Fsp3) is 0.179. The molecule has 182 valence electrons. The van der Waals surface area contributed by atoms with E-state index >= 15 is 0 Å². The number of amides is 1. The van der Waals surface area contributed by atoms with Gasteiger partial charge in [-0.15, -0.1) is 5.10 Å². The lowest BCUT2D eigenvalue weighted by molar-refractivity contribution is -0.111. The lowest BCUT2D eigenvalue weighted by Gasteiger charge is -2.31. The second-order valence-electron chi connectivity index (χ2n) is 8.68. The van der Waals surface area contributed by atoms with E-state index in [0.29, 0.717) is 18.1 Å². The largest absolute Gasteiger partial charge is 0.496 e. The van der Waals surface area contributed by atoms with Crippen molar-refractivity contribution in [3.05, 3.63) is 107 Å². The van der Waals surface area contributed by atoms with E-state index in [2.05, 4.69) is 45.0 Å². The standard InChI is InChI=1S/C28H26FN5O2/c1-18-7-9-19(10-8-18)23-17-24(20-11-14-22(29)15-12-20)34-28(30-23)32-27(33-34)31-26(35)16-13-21-5-3-4-6-25(21)36-2/h3-16,23-24H,17H2,1-2H3,(H2,30,31,32,33,35)/b16-13+/t23-,24-/m1/s1. The molecule has 2 atom stereocenters. The summed E-state index contributed by atoms with van der Waals surface area (Å²) in [6, 6.07) is 22.0. The molecule has 2 N–H and O–H groups in total. The van der Waals surface area contributed by atoms with E-state index in [4.69, 9.17) is 4.74 Å². The van der Waals surface area contributed by atoms with E-state index in [1.54, 1.807) is 30.0 Å². The van der Waals surface area contributed by atoms with Crippen molar-refractivity contribution in [2.24, 2.45) is 0 Å². The molecular weight excluding hydrogens is 457 g/mol. The van der Waals surface area contributed by atoms with Crippen LogP contribution in [0.15, 0.2) is 78.9 Å². The van der Waals surface area contributed by atoms with Crippen molar-refractivity contribution in [1.82, 2.24) is 14.8 Å². The monoisotopic (exact) mass is 483 g/mol. The highest BCUT2D eigenvalue weighted by molar-refractivity contribution is 6.01. The molecule has 7 nitrogen and oxygen atoms in total. The molecule has 0 aliphatic carbocycles. The van der Waals surface area contributed by atoms with Crippen LogP contribution < -0.4 is 15.4 Å². The maximum atomic E-state index is 13.6. The fourth-order valence-corrected chi connectivity index (χ4v) is 4.33. The van der Waals surface area contributed by atoms with Crippen LogP contribution in [0, 0.1) is 12.7 Å². The van der Waals surface area contributed by atoms with E-state index < -0.39 is 0 Å². The summed E-state index contributed by atoms with van der Waals surface area (Å²) in [5.41, 5.74) is 3.99. The van der Waals surface area contributed by atoms with Gasteiger partial charge in [0.2, 0.25) is 5.95 Å². The lowest BCUT2D eigenvalue weighted by atomic mass is 9.93. The first-order valence-corrected chi connectivity index (χ1v) is 11.7. The Hall–Kier alpha value is -4.46. The van der Waals surface area contributed by atoms with Gasteiger partial charge in [0.15, 0.2) is 0 Å². The molecule has 36 heavy (non-hydrogen) atoms. The molecule has 0 radical (unpaired) electrons. The number of benzene rings is 3. The molecular formula is C28H26FN5O2. The minimum Gasteiger partial charge on any atom is -0.496 e. The molecule has 0 saturated heterocycles. The van der Waals surface area contributed by atoms with Crippen LogP contribution in [0.3, 0.4) is 0 Å². The first-order valence-electron chi connectivity index (χ1n) is 11.7. The van der Waals surface area contributed by atoms with Crippen molar-refractivity contribution < 1.29 is 13.9 Å². The summed E-state index contributed by atoms with van der Waals surface area (Å²) in [5.74, 6) is 0.730. The predicted molar refractivity (Wildman–Crippen MR) is 137 cm³/mol. The van der Waals surface area contributed by atoms with Gasteiger partial charge in [-0.05, 0) is 48.7 Å². The number of halogens is 1. The minimum absolute atomic E-state index is 0.0219. The zero-order valence-corrected chi connectivity index (χ0v) is 20.0. The van der Waals surface area contributed by atoms with E-state index in [-0.39, 0.29) is 29.8 Å². The van der Waals surface area contributed by atoms with E-state index in [0.717, 1.165) is 16.7 Å². The van der Waals surface area contributed by atoms with Gasteiger partial charge in [-0.1, -0.05) is 60.2 Å². The number of aryl methyl sites for hydroxylation is 1. The number of aromatic nitrogens is 3. The zero-order chi connectivity index (χ0) is 25.1. The molecule has 4 aromatic rings. The van der Waals surface area contributed by atoms with Crippen molar-refractivity contribution in [2.75, 3.05) is 17.7 Å². The van der Waals surface area contributed by atoms with Gasteiger partial charge < -0.3 is 10.1 Å². The summed E-state index contributed by atoms with van der Waals surface area (Å²) in [6.07, 6.45) is 3.78. The van der Waals surface area contributed by atoms with Gasteiger partial charge in [-0.3, -0.25) is 10.1 Å². The number of para-hydroxylation sites is 1. The maximum Gasteiger partial charge on any atom is 0.250 e. The average molecular weight is 484 g/mol. The van der Waals surface area contributed by atoms with Gasteiger partial charge in [0, 0.05) is 11.6 Å². The Morgan fingerprint density at radius 3 is 2.56 bits per heavy atom. The Bertz CT molecular complexity index is 1400. The Morgan fingerprint density at radius 1 is 1.08 bits per heavy atom. The van der Waals surface area contributed by atoms with Crippen molar-refractivity contribution in [1.29, 1.82) is 0 Å². The molecule has 8 heteroatoms. The van der Waals surface area contributed by atoms with Crippen LogP contribution in [-0.4, -0.2) is 27.8 Å². The van der Waals surface area contributed by atoms with Crippen LogP contribution in [0.5, 0.6) is 5.75 Å². The van der Waals surface area contributed by atoms with Crippen molar-refractivity contribution in [3.8, 4) is 5.75 Å². The van der Waals surface area contributed by atoms with Crippen molar-refractivity contribution in [3.63, 3.8) is 0 Å². The molecule has 1 aromatic heterocycles. The third kappa shape index (κ3) is 4.98. The molecule has 0 spiro atoms. The van der Waals surface area contributed by atoms with Crippen LogP contribution in [0.4, 0.5) is 16.3 Å². The molecule has 3 aromatic carbocycles. The van der Waals surface area contributed by atoms with Gasteiger partial charge in [0.25, 0.3) is 11.9 Å². The summed E-state index contributed by atoms with van der Waals surface area (Å²) in [5, 5.41) is 10.7. The Morgan fingerprint density at radius 2 is 1.81 bits per heavy atom. The third-order valence-electron chi connectivity index (χ3n) is 6.21. The number of anilines is 2. The predicted octanol–water partition coefficient (Wildman–Crippen LogP) is 5.53. The smallest absolute Gasteiger partial charge is 0.250 e. The van der Waals surface area contributed by atoms with Crippen LogP contribution >= 0.6 is 0 Å². The van der Waals surface area contributed by atoms with E-state index in [1.165, 1.54) is 23.8 Å². The first kappa shape index (κ1) is 23.3. The highest BCUT2D eigenvalue weighted by atomic mass is 19.1. The number of hydrogen-bond acceptors (Lipinski definition) is 5. The number of fused-ring (bicyclic) bond motifs is 1. The fourth-order valence-electron chi connectivity index (χ4n) is 4.33. The topological polar surface area (TPSA) is 81.1 Å². The Labute approximate surface area is 208 Å². The molecule has 0 unspecified atom stereocenters. The number of nitrogens with zero attached hydrogens (tertiary/aromatic N) is 3. The summed E-state index contributed by atoms with van der Waals surface area (Å²) >= 11 is 0. The molecule has 1 amide bonds. The van der Waals surface area contributed by atoms with E-state index in [1.807, 2.05) is 31.2 Å². The second-order valence-corrected chi connectivity index (χ2v) is 8.68. The van der Waals surface area contributed by atoms with Gasteiger partial charge in [0.1, 0.15) is 11.6 Å². The summed E-state index contributed by atoms with van der Waals surface area (Å²) in [4.78, 5) is 17.2. The quantitative estimate of drug-likeness (QED) is 0.352. The number of ether oxygens (including phenoxy) is 1.